The maximum atomic E-state index is 12.9. The summed E-state index contributed by atoms with van der Waals surface area (Å²) in [6.07, 6.45) is 62.4. The number of hydrogen-bond donors (Lipinski definition) is 0. The summed E-state index contributed by atoms with van der Waals surface area (Å²) in [5.74, 6) is 0.0283. The smallest absolute Gasteiger partial charge is 0.306 e. The summed E-state index contributed by atoms with van der Waals surface area (Å²) >= 11 is 0. The lowest BCUT2D eigenvalue weighted by Gasteiger charge is -2.18. The summed E-state index contributed by atoms with van der Waals surface area (Å²) in [5, 5.41) is 0. The van der Waals surface area contributed by atoms with Gasteiger partial charge < -0.3 is 14.2 Å². The molecule has 0 radical (unpaired) electrons. The molecule has 1 atom stereocenters. The van der Waals surface area contributed by atoms with Gasteiger partial charge in [-0.3, -0.25) is 14.4 Å². The predicted molar refractivity (Wildman–Crippen MR) is 293 cm³/mol. The lowest BCUT2D eigenvalue weighted by Crippen LogP contribution is -2.30. The molecule has 0 aliphatic carbocycles. The van der Waals surface area contributed by atoms with Gasteiger partial charge in [-0.1, -0.05) is 317 Å². The van der Waals surface area contributed by atoms with E-state index in [1.54, 1.807) is 0 Å². The second kappa shape index (κ2) is 56.3. The molecule has 0 aromatic heterocycles. The maximum Gasteiger partial charge on any atom is 0.306 e. The Morgan fingerprint density at radius 2 is 0.485 bits per heavy atom. The average Bonchev–Trinajstić information content (AvgIpc) is 3.32. The lowest BCUT2D eigenvalue weighted by atomic mass is 10.0. The van der Waals surface area contributed by atoms with Gasteiger partial charge in [0.15, 0.2) is 6.10 Å². The summed E-state index contributed by atoms with van der Waals surface area (Å²) in [6.45, 7) is 9.09. The minimum Gasteiger partial charge on any atom is -0.462 e. The van der Waals surface area contributed by atoms with Crippen LogP contribution in [0.2, 0.25) is 0 Å². The van der Waals surface area contributed by atoms with Crippen LogP contribution in [0.3, 0.4) is 0 Å². The number of carbonyl (C=O) groups is 3. The van der Waals surface area contributed by atoms with Crippen molar-refractivity contribution in [1.82, 2.24) is 0 Å². The normalized spacial score (nSPS) is 12.0. The highest BCUT2D eigenvalue weighted by atomic mass is 16.6. The molecule has 0 saturated heterocycles. The monoisotopic (exact) mass is 961 g/mol. The van der Waals surface area contributed by atoms with Crippen molar-refractivity contribution in [3.63, 3.8) is 0 Å². The van der Waals surface area contributed by atoms with Gasteiger partial charge in [0, 0.05) is 19.3 Å². The molecule has 0 heterocycles. The Balaban J connectivity index is 4.25. The summed E-state index contributed by atoms with van der Waals surface area (Å²) < 4.78 is 16.9. The van der Waals surface area contributed by atoms with Crippen LogP contribution in [0.15, 0.2) is 0 Å². The van der Waals surface area contributed by atoms with Crippen molar-refractivity contribution in [2.45, 2.75) is 361 Å². The molecule has 0 N–H and O–H groups in total. The predicted octanol–water partition coefficient (Wildman–Crippen LogP) is 20.6. The van der Waals surface area contributed by atoms with Crippen molar-refractivity contribution in [2.75, 3.05) is 13.2 Å². The molecule has 6 nitrogen and oxygen atoms in total. The van der Waals surface area contributed by atoms with E-state index in [1.165, 1.54) is 250 Å². The first-order valence-corrected chi connectivity index (χ1v) is 30.9. The second-order valence-corrected chi connectivity index (χ2v) is 21.8. The van der Waals surface area contributed by atoms with Gasteiger partial charge in [-0.25, -0.2) is 0 Å². The molecule has 404 valence electrons. The Kier molecular flexibility index (Phi) is 55.0. The third kappa shape index (κ3) is 55.3. The zero-order chi connectivity index (χ0) is 49.5. The van der Waals surface area contributed by atoms with Crippen LogP contribution in [0.4, 0.5) is 0 Å². The highest BCUT2D eigenvalue weighted by Gasteiger charge is 2.19. The molecule has 0 aromatic carbocycles. The van der Waals surface area contributed by atoms with E-state index in [1.807, 2.05) is 0 Å². The molecule has 0 aliphatic rings. The minimum absolute atomic E-state index is 0.0613. The Bertz CT molecular complexity index is 1030. The second-order valence-electron chi connectivity index (χ2n) is 21.8. The Morgan fingerprint density at radius 3 is 0.721 bits per heavy atom. The van der Waals surface area contributed by atoms with E-state index in [0.29, 0.717) is 19.3 Å². The van der Waals surface area contributed by atoms with Gasteiger partial charge >= 0.3 is 17.9 Å². The van der Waals surface area contributed by atoms with Crippen LogP contribution < -0.4 is 0 Å². The fourth-order valence-electron chi connectivity index (χ4n) is 9.63. The van der Waals surface area contributed by atoms with Gasteiger partial charge in [0.1, 0.15) is 13.2 Å². The molecule has 0 unspecified atom stereocenters. The third-order valence-electron chi connectivity index (χ3n) is 14.3. The Labute approximate surface area is 425 Å². The molecule has 0 aliphatic heterocycles. The van der Waals surface area contributed by atoms with Crippen LogP contribution in [0, 0.1) is 5.92 Å². The van der Waals surface area contributed by atoms with Gasteiger partial charge in [0.25, 0.3) is 0 Å². The number of esters is 3. The third-order valence-corrected chi connectivity index (χ3v) is 14.3. The molecular formula is C62H120O6. The summed E-state index contributed by atoms with van der Waals surface area (Å²) in [6, 6.07) is 0. The molecule has 6 heteroatoms. The molecule has 0 bridgehead atoms. The molecule has 0 rings (SSSR count). The van der Waals surface area contributed by atoms with Crippen molar-refractivity contribution >= 4 is 17.9 Å². The Hall–Kier alpha value is -1.59. The average molecular weight is 962 g/mol. The Morgan fingerprint density at radius 1 is 0.279 bits per heavy atom. The van der Waals surface area contributed by atoms with Crippen LogP contribution in [0.25, 0.3) is 0 Å². The highest BCUT2D eigenvalue weighted by Crippen LogP contribution is 2.18. The van der Waals surface area contributed by atoms with E-state index < -0.39 is 6.10 Å². The fourth-order valence-corrected chi connectivity index (χ4v) is 9.63. The zero-order valence-corrected chi connectivity index (χ0v) is 46.6. The molecule has 0 fully saturated rings. The standard InChI is InChI=1S/C62H120O6/c1-5-7-9-11-13-15-17-19-20-26-30-34-38-42-46-50-54-61(64)67-57-59(56-66-60(63)53-49-45-41-37-33-28-18-16-14-12-10-8-6-2)68-62(65)55-51-47-43-39-35-31-27-24-22-21-23-25-29-32-36-40-44-48-52-58(3)4/h58-59H,5-57H2,1-4H3/t59-/m0/s1. The topological polar surface area (TPSA) is 78.9 Å². The zero-order valence-electron chi connectivity index (χ0n) is 46.6. The van der Waals surface area contributed by atoms with Crippen LogP contribution in [0.5, 0.6) is 0 Å². The number of rotatable bonds is 57. The summed E-state index contributed by atoms with van der Waals surface area (Å²) in [5.41, 5.74) is 0. The van der Waals surface area contributed by atoms with E-state index >= 15 is 0 Å². The van der Waals surface area contributed by atoms with E-state index in [9.17, 15) is 14.4 Å². The molecule has 0 aromatic rings. The molecule has 0 amide bonds. The van der Waals surface area contributed by atoms with Gasteiger partial charge in [0.2, 0.25) is 0 Å². The quantitative estimate of drug-likeness (QED) is 0.0343. The molecular weight excluding hydrogens is 841 g/mol. The number of ether oxygens (including phenoxy) is 3. The van der Waals surface area contributed by atoms with Crippen molar-refractivity contribution in [3.05, 3.63) is 0 Å². The van der Waals surface area contributed by atoms with Crippen molar-refractivity contribution in [2.24, 2.45) is 5.92 Å². The van der Waals surface area contributed by atoms with Gasteiger partial charge in [0.05, 0.1) is 0 Å². The number of hydrogen-bond acceptors (Lipinski definition) is 6. The minimum atomic E-state index is -0.762. The molecule has 0 spiro atoms. The van der Waals surface area contributed by atoms with Crippen LogP contribution in [-0.2, 0) is 28.6 Å². The van der Waals surface area contributed by atoms with Crippen molar-refractivity contribution in [1.29, 1.82) is 0 Å². The first kappa shape index (κ1) is 66.4. The first-order chi connectivity index (χ1) is 33.4. The van der Waals surface area contributed by atoms with Gasteiger partial charge in [-0.2, -0.15) is 0 Å². The van der Waals surface area contributed by atoms with Gasteiger partial charge in [-0.05, 0) is 25.2 Å². The van der Waals surface area contributed by atoms with Crippen LogP contribution >= 0.6 is 0 Å². The molecule has 0 saturated carbocycles. The van der Waals surface area contributed by atoms with Crippen molar-refractivity contribution in [3.8, 4) is 0 Å². The number of carbonyl (C=O) groups excluding carboxylic acids is 3. The van der Waals surface area contributed by atoms with E-state index in [4.69, 9.17) is 14.2 Å². The van der Waals surface area contributed by atoms with E-state index in [2.05, 4.69) is 27.7 Å². The summed E-state index contributed by atoms with van der Waals surface area (Å²) in [7, 11) is 0. The van der Waals surface area contributed by atoms with Crippen LogP contribution in [-0.4, -0.2) is 37.2 Å². The van der Waals surface area contributed by atoms with E-state index in [-0.39, 0.29) is 31.1 Å². The van der Waals surface area contributed by atoms with Crippen molar-refractivity contribution < 1.29 is 28.6 Å². The van der Waals surface area contributed by atoms with E-state index in [0.717, 1.165) is 63.7 Å². The maximum absolute atomic E-state index is 12.9. The fraction of sp³-hybridized carbons (Fsp3) is 0.952. The first-order valence-electron chi connectivity index (χ1n) is 30.9. The molecule has 68 heavy (non-hydrogen) atoms. The van der Waals surface area contributed by atoms with Gasteiger partial charge in [-0.15, -0.1) is 0 Å². The number of unbranched alkanes of at least 4 members (excludes halogenated alkanes) is 44. The SMILES string of the molecule is CCCCCCCCCCCCCCCCCCC(=O)OC[C@H](COC(=O)CCCCCCCCCCCCCCC)OC(=O)CCCCCCCCCCCCCCCCCCCCC(C)C. The largest absolute Gasteiger partial charge is 0.462 e. The highest BCUT2D eigenvalue weighted by molar-refractivity contribution is 5.71. The lowest BCUT2D eigenvalue weighted by molar-refractivity contribution is -0.167. The van der Waals surface area contributed by atoms with Crippen LogP contribution in [0.1, 0.15) is 355 Å². The summed E-state index contributed by atoms with van der Waals surface area (Å²) in [4.78, 5) is 38.2.